The van der Waals surface area contributed by atoms with Crippen molar-refractivity contribution in [2.45, 2.75) is 44.3 Å². The van der Waals surface area contributed by atoms with Crippen LogP contribution in [0.15, 0.2) is 18.2 Å². The van der Waals surface area contributed by atoms with Crippen molar-refractivity contribution in [1.29, 1.82) is 0 Å². The molecule has 1 aliphatic carbocycles. The van der Waals surface area contributed by atoms with Gasteiger partial charge in [-0.2, -0.15) is 13.2 Å². The van der Waals surface area contributed by atoms with Crippen molar-refractivity contribution in [3.63, 3.8) is 0 Å². The molecule has 1 aliphatic rings. The molecular formula is C17H22F3NO3. The van der Waals surface area contributed by atoms with E-state index in [9.17, 15) is 18.0 Å². The average Bonchev–Trinajstić information content (AvgIpc) is 3.28. The molecule has 1 aromatic carbocycles. The quantitative estimate of drug-likeness (QED) is 0.826. The van der Waals surface area contributed by atoms with Crippen LogP contribution in [0.3, 0.4) is 0 Å². The van der Waals surface area contributed by atoms with Gasteiger partial charge in [0.1, 0.15) is 12.4 Å². The van der Waals surface area contributed by atoms with Crippen molar-refractivity contribution in [2.75, 3.05) is 20.3 Å². The predicted molar refractivity (Wildman–Crippen MR) is 83.1 cm³/mol. The molecule has 0 bridgehead atoms. The van der Waals surface area contributed by atoms with Gasteiger partial charge in [-0.15, -0.1) is 0 Å². The number of methoxy groups -OCH3 is 1. The van der Waals surface area contributed by atoms with Gasteiger partial charge in [-0.05, 0) is 43.9 Å². The molecule has 1 fully saturated rings. The Morgan fingerprint density at radius 2 is 2.04 bits per heavy atom. The number of nitrogens with one attached hydrogen (secondary N) is 1. The number of carbonyl (C=O) groups excluding carboxylic acids is 1. The Hall–Kier alpha value is -1.76. The number of hydrogen-bond acceptors (Lipinski definition) is 3. The van der Waals surface area contributed by atoms with Crippen LogP contribution >= 0.6 is 0 Å². The van der Waals surface area contributed by atoms with Gasteiger partial charge in [0.2, 0.25) is 5.91 Å². The Kier molecular flexibility index (Phi) is 5.42. The van der Waals surface area contributed by atoms with Gasteiger partial charge in [-0.25, -0.2) is 0 Å². The lowest BCUT2D eigenvalue weighted by Gasteiger charge is -2.21. The molecule has 1 atom stereocenters. The van der Waals surface area contributed by atoms with Crippen LogP contribution in [-0.2, 0) is 14.9 Å². The molecule has 0 aliphatic heterocycles. The highest BCUT2D eigenvalue weighted by atomic mass is 19.4. The number of alkyl halides is 3. The van der Waals surface area contributed by atoms with Crippen molar-refractivity contribution in [3.8, 4) is 5.75 Å². The Labute approximate surface area is 139 Å². The first kappa shape index (κ1) is 18.6. The van der Waals surface area contributed by atoms with Crippen molar-refractivity contribution < 1.29 is 27.4 Å². The molecule has 7 heteroatoms. The van der Waals surface area contributed by atoms with Gasteiger partial charge in [0.25, 0.3) is 0 Å². The Bertz CT molecular complexity index is 597. The maximum Gasteiger partial charge on any atom is 0.411 e. The minimum atomic E-state index is -4.36. The van der Waals surface area contributed by atoms with Gasteiger partial charge in [0.05, 0.1) is 19.1 Å². The maximum absolute atomic E-state index is 12.6. The van der Waals surface area contributed by atoms with Crippen molar-refractivity contribution in [1.82, 2.24) is 5.32 Å². The first-order valence-corrected chi connectivity index (χ1v) is 7.78. The van der Waals surface area contributed by atoms with Crippen LogP contribution in [0.2, 0.25) is 0 Å². The fraction of sp³-hybridized carbons (Fsp3) is 0.588. The molecule has 1 amide bonds. The summed E-state index contributed by atoms with van der Waals surface area (Å²) in [6.07, 6.45) is -2.94. The van der Waals surface area contributed by atoms with E-state index >= 15 is 0 Å². The Morgan fingerprint density at radius 3 is 2.58 bits per heavy atom. The van der Waals surface area contributed by atoms with Gasteiger partial charge in [-0.1, -0.05) is 12.1 Å². The number of hydrogen-bond donors (Lipinski definition) is 1. The number of ether oxygens (including phenoxy) is 2. The number of carbonyl (C=O) groups is 1. The van der Waals surface area contributed by atoms with Gasteiger partial charge in [0, 0.05) is 6.04 Å². The van der Waals surface area contributed by atoms with Gasteiger partial charge >= 0.3 is 6.18 Å². The zero-order valence-corrected chi connectivity index (χ0v) is 14.0. The zero-order valence-electron chi connectivity index (χ0n) is 14.0. The Morgan fingerprint density at radius 1 is 1.38 bits per heavy atom. The first-order chi connectivity index (χ1) is 11.2. The van der Waals surface area contributed by atoms with Crippen molar-refractivity contribution in [2.24, 2.45) is 0 Å². The largest absolute Gasteiger partial charge is 0.496 e. The lowest BCUT2D eigenvalue weighted by molar-refractivity contribution is -0.175. The van der Waals surface area contributed by atoms with E-state index in [4.69, 9.17) is 4.74 Å². The minimum absolute atomic E-state index is 0.182. The monoisotopic (exact) mass is 345 g/mol. The third kappa shape index (κ3) is 4.41. The van der Waals surface area contributed by atoms with Crippen LogP contribution in [0.25, 0.3) is 0 Å². The molecule has 24 heavy (non-hydrogen) atoms. The third-order valence-corrected chi connectivity index (χ3v) is 4.16. The summed E-state index contributed by atoms with van der Waals surface area (Å²) >= 11 is 0. The molecule has 0 unspecified atom stereocenters. The summed E-state index contributed by atoms with van der Waals surface area (Å²) in [6, 6.07) is 5.16. The second kappa shape index (κ2) is 7.01. The van der Waals surface area contributed by atoms with E-state index in [1.54, 1.807) is 14.0 Å². The number of halogens is 3. The van der Waals surface area contributed by atoms with Crippen LogP contribution in [0.5, 0.6) is 5.75 Å². The predicted octanol–water partition coefficient (Wildman–Crippen LogP) is 3.12. The van der Waals surface area contributed by atoms with Crippen LogP contribution in [0.1, 0.15) is 30.9 Å². The number of rotatable bonds is 7. The lowest BCUT2D eigenvalue weighted by Crippen LogP contribution is -2.42. The third-order valence-electron chi connectivity index (χ3n) is 4.16. The summed E-state index contributed by atoms with van der Waals surface area (Å²) in [5.41, 5.74) is 1.23. The zero-order chi connectivity index (χ0) is 18.0. The molecule has 0 heterocycles. The maximum atomic E-state index is 12.6. The van der Waals surface area contributed by atoms with E-state index in [1.807, 2.05) is 25.1 Å². The fourth-order valence-electron chi connectivity index (χ4n) is 2.64. The van der Waals surface area contributed by atoms with E-state index < -0.39 is 24.2 Å². The molecule has 1 N–H and O–H groups in total. The topological polar surface area (TPSA) is 47.6 Å². The van der Waals surface area contributed by atoms with Gasteiger partial charge in [-0.3, -0.25) is 4.79 Å². The molecule has 0 aromatic heterocycles. The van der Waals surface area contributed by atoms with Crippen LogP contribution in [0, 0.1) is 6.92 Å². The molecular weight excluding hydrogens is 323 g/mol. The number of benzene rings is 1. The van der Waals surface area contributed by atoms with Crippen molar-refractivity contribution >= 4 is 5.91 Å². The molecule has 1 aromatic rings. The van der Waals surface area contributed by atoms with E-state index in [-0.39, 0.29) is 12.5 Å². The highest BCUT2D eigenvalue weighted by molar-refractivity contribution is 5.91. The summed E-state index contributed by atoms with van der Waals surface area (Å²) < 4.78 is 46.1. The first-order valence-electron chi connectivity index (χ1n) is 7.78. The van der Waals surface area contributed by atoms with Crippen molar-refractivity contribution in [3.05, 3.63) is 29.3 Å². The summed E-state index contributed by atoms with van der Waals surface area (Å²) in [5, 5.41) is 2.75. The normalized spacial score (nSPS) is 17.2. The Balaban J connectivity index is 1.96. The second-order valence-corrected chi connectivity index (χ2v) is 6.27. The summed E-state index contributed by atoms with van der Waals surface area (Å²) in [6.45, 7) is 2.05. The molecule has 0 radical (unpaired) electrons. The molecule has 2 rings (SSSR count). The molecule has 4 nitrogen and oxygen atoms in total. The fourth-order valence-corrected chi connectivity index (χ4v) is 2.64. The molecule has 134 valence electrons. The SMILES string of the molecule is COc1cc(C2(C(=O)N[C@H](C)COCC(F)(F)F)CC2)ccc1C. The second-order valence-electron chi connectivity index (χ2n) is 6.27. The summed E-state index contributed by atoms with van der Waals surface area (Å²) in [7, 11) is 1.58. The van der Waals surface area contributed by atoms with E-state index in [0.29, 0.717) is 18.6 Å². The van der Waals surface area contributed by atoms with Gasteiger partial charge < -0.3 is 14.8 Å². The number of amides is 1. The highest BCUT2D eigenvalue weighted by Gasteiger charge is 2.51. The summed E-state index contributed by atoms with van der Waals surface area (Å²) in [5.74, 6) is 0.532. The smallest absolute Gasteiger partial charge is 0.411 e. The van der Waals surface area contributed by atoms with E-state index in [2.05, 4.69) is 10.1 Å². The van der Waals surface area contributed by atoms with Crippen LogP contribution in [0.4, 0.5) is 13.2 Å². The highest BCUT2D eigenvalue weighted by Crippen LogP contribution is 2.49. The van der Waals surface area contributed by atoms with Crippen LogP contribution < -0.4 is 10.1 Å². The molecule has 0 saturated heterocycles. The average molecular weight is 345 g/mol. The summed E-state index contributed by atoms with van der Waals surface area (Å²) in [4.78, 5) is 12.6. The van der Waals surface area contributed by atoms with E-state index in [0.717, 1.165) is 11.1 Å². The lowest BCUT2D eigenvalue weighted by atomic mass is 9.93. The minimum Gasteiger partial charge on any atom is -0.496 e. The van der Waals surface area contributed by atoms with Crippen LogP contribution in [-0.4, -0.2) is 38.4 Å². The standard InChI is InChI=1S/C17H22F3NO3/c1-11-4-5-13(8-14(11)23-3)16(6-7-16)15(22)21-12(2)9-24-10-17(18,19)20/h4-5,8,12H,6-7,9-10H2,1-3H3,(H,21,22)/t12-/m1/s1. The van der Waals surface area contributed by atoms with Gasteiger partial charge in [0.15, 0.2) is 0 Å². The molecule has 0 spiro atoms. The van der Waals surface area contributed by atoms with E-state index in [1.165, 1.54) is 0 Å². The number of aryl methyl sites for hydroxylation is 1. The molecule has 1 saturated carbocycles.